The van der Waals surface area contributed by atoms with Gasteiger partial charge in [0, 0.05) is 50.7 Å². The number of nitrogens with one attached hydrogen (secondary N) is 1. The van der Waals surface area contributed by atoms with E-state index in [-0.39, 0.29) is 17.4 Å². The molecule has 0 unspecified atom stereocenters. The van der Waals surface area contributed by atoms with Crippen molar-refractivity contribution in [3.8, 4) is 0 Å². The molecule has 1 N–H and O–H groups in total. The molecule has 6 rings (SSSR count). The molecule has 192 valence electrons. The third-order valence-electron chi connectivity index (χ3n) is 8.14. The van der Waals surface area contributed by atoms with Gasteiger partial charge < -0.3 is 10.1 Å². The lowest BCUT2D eigenvalue weighted by atomic mass is 9.81. The molecule has 1 aromatic carbocycles. The van der Waals surface area contributed by atoms with Gasteiger partial charge in [-0.15, -0.1) is 0 Å². The molecular formula is C29H30F2N4O2. The first-order chi connectivity index (χ1) is 17.9. The van der Waals surface area contributed by atoms with Crippen LogP contribution in [0.5, 0.6) is 0 Å². The maximum atomic E-state index is 14.2. The van der Waals surface area contributed by atoms with E-state index in [1.807, 2.05) is 36.8 Å². The Bertz CT molecular complexity index is 1320. The second-order valence-corrected chi connectivity index (χ2v) is 10.5. The van der Waals surface area contributed by atoms with Gasteiger partial charge in [-0.3, -0.25) is 19.7 Å². The van der Waals surface area contributed by atoms with Crippen LogP contribution in [0.15, 0.2) is 55.0 Å². The van der Waals surface area contributed by atoms with Gasteiger partial charge in [0.1, 0.15) is 5.54 Å². The van der Waals surface area contributed by atoms with E-state index in [0.29, 0.717) is 17.9 Å². The molecule has 8 heteroatoms. The van der Waals surface area contributed by atoms with Gasteiger partial charge >= 0.3 is 0 Å². The molecular weight excluding hydrogens is 474 g/mol. The Labute approximate surface area is 215 Å². The summed E-state index contributed by atoms with van der Waals surface area (Å²) in [6.45, 7) is 4.66. The average molecular weight is 505 g/mol. The molecule has 37 heavy (non-hydrogen) atoms. The van der Waals surface area contributed by atoms with E-state index in [0.717, 1.165) is 56.9 Å². The Morgan fingerprint density at radius 3 is 2.62 bits per heavy atom. The zero-order chi connectivity index (χ0) is 25.6. The predicted octanol–water partition coefficient (Wildman–Crippen LogP) is 4.57. The van der Waals surface area contributed by atoms with E-state index in [1.54, 1.807) is 6.07 Å². The number of nitrogens with zero attached hydrogens (tertiary/aromatic N) is 3. The maximum Gasteiger partial charge on any atom is 0.217 e. The molecule has 4 heterocycles. The summed E-state index contributed by atoms with van der Waals surface area (Å²) >= 11 is 0. The fourth-order valence-electron chi connectivity index (χ4n) is 6.11. The van der Waals surface area contributed by atoms with Crippen molar-refractivity contribution in [2.24, 2.45) is 5.92 Å². The van der Waals surface area contributed by atoms with Crippen LogP contribution in [-0.2, 0) is 33.8 Å². The number of carbonyl (C=O) groups is 1. The van der Waals surface area contributed by atoms with Gasteiger partial charge in [-0.2, -0.15) is 0 Å². The summed E-state index contributed by atoms with van der Waals surface area (Å²) in [5, 5.41) is 3.05. The highest BCUT2D eigenvalue weighted by atomic mass is 19.2. The van der Waals surface area contributed by atoms with Crippen LogP contribution in [0.4, 0.5) is 8.78 Å². The molecule has 3 aromatic rings. The number of likely N-dealkylation sites (tertiary alicyclic amines) is 1. The third-order valence-corrected chi connectivity index (χ3v) is 8.14. The van der Waals surface area contributed by atoms with E-state index in [4.69, 9.17) is 9.72 Å². The van der Waals surface area contributed by atoms with Crippen molar-refractivity contribution in [2.45, 2.75) is 56.9 Å². The quantitative estimate of drug-likeness (QED) is 0.533. The molecule has 6 nitrogen and oxygen atoms in total. The number of hydrogen-bond acceptors (Lipinski definition) is 5. The number of amides is 1. The minimum atomic E-state index is -0.988. The lowest BCUT2D eigenvalue weighted by Crippen LogP contribution is -2.48. The number of rotatable bonds is 6. The van der Waals surface area contributed by atoms with Crippen LogP contribution in [0.3, 0.4) is 0 Å². The van der Waals surface area contributed by atoms with Crippen molar-refractivity contribution in [1.29, 1.82) is 0 Å². The highest BCUT2D eigenvalue weighted by molar-refractivity contribution is 5.75. The van der Waals surface area contributed by atoms with Crippen molar-refractivity contribution in [3.05, 3.63) is 94.6 Å². The molecule has 2 aliphatic heterocycles. The second-order valence-electron chi connectivity index (χ2n) is 10.5. The number of pyridine rings is 2. The zero-order valence-electron chi connectivity index (χ0n) is 20.8. The lowest BCUT2D eigenvalue weighted by molar-refractivity contribution is -0.120. The van der Waals surface area contributed by atoms with Crippen LogP contribution in [0.1, 0.15) is 60.6 Å². The summed E-state index contributed by atoms with van der Waals surface area (Å²) < 4.78 is 34.2. The lowest BCUT2D eigenvalue weighted by Gasteiger charge is -2.39. The predicted molar refractivity (Wildman–Crippen MR) is 133 cm³/mol. The molecule has 0 radical (unpaired) electrons. The standard InChI is InChI=1S/C29H30F2N4O2/c1-19(36)34-29(22-3-4-22,23-5-6-25(30)26(31)14-23)27-7-2-20(15-33-27)17-35-12-9-28(10-13-35)24-16-32-11-8-21(24)18-37-28/h2,5-8,11,14-16,22H,3-4,9-10,12-13,17-18H2,1H3,(H,34,36)/t29-/m0/s1. The first kappa shape index (κ1) is 24.1. The molecule has 2 aromatic heterocycles. The highest BCUT2D eigenvalue weighted by Crippen LogP contribution is 2.49. The first-order valence-corrected chi connectivity index (χ1v) is 12.9. The molecule has 2 fully saturated rings. The SMILES string of the molecule is CC(=O)N[C@@](c1ccc(F)c(F)c1)(c1ccc(CN2CCC3(CC2)OCc2ccncc23)cn1)C1CC1. The number of aromatic nitrogens is 2. The molecule has 1 aliphatic carbocycles. The number of halogens is 2. The van der Waals surface area contributed by atoms with Crippen LogP contribution >= 0.6 is 0 Å². The molecule has 1 atom stereocenters. The Kier molecular flexibility index (Phi) is 6.04. The monoisotopic (exact) mass is 504 g/mol. The van der Waals surface area contributed by atoms with E-state index < -0.39 is 17.2 Å². The first-order valence-electron chi connectivity index (χ1n) is 12.9. The van der Waals surface area contributed by atoms with Crippen LogP contribution in [0.2, 0.25) is 0 Å². The second kappa shape index (κ2) is 9.26. The Morgan fingerprint density at radius 1 is 1.14 bits per heavy atom. The summed E-state index contributed by atoms with van der Waals surface area (Å²) in [6, 6.07) is 9.83. The van der Waals surface area contributed by atoms with E-state index >= 15 is 0 Å². The van der Waals surface area contributed by atoms with E-state index in [2.05, 4.69) is 15.2 Å². The number of fused-ring (bicyclic) bond motifs is 2. The molecule has 3 aliphatic rings. The zero-order valence-corrected chi connectivity index (χ0v) is 20.8. The van der Waals surface area contributed by atoms with Crippen LogP contribution in [-0.4, -0.2) is 33.9 Å². The van der Waals surface area contributed by atoms with Gasteiger partial charge in [0.2, 0.25) is 5.91 Å². The van der Waals surface area contributed by atoms with Crippen molar-refractivity contribution in [2.75, 3.05) is 13.1 Å². The topological polar surface area (TPSA) is 67.4 Å². The highest BCUT2D eigenvalue weighted by Gasteiger charge is 2.50. The molecule has 0 bridgehead atoms. The van der Waals surface area contributed by atoms with Gasteiger partial charge in [0.15, 0.2) is 11.6 Å². The number of ether oxygens (including phenoxy) is 1. The van der Waals surface area contributed by atoms with Crippen molar-refractivity contribution in [1.82, 2.24) is 20.2 Å². The fraction of sp³-hybridized carbons (Fsp3) is 0.414. The maximum absolute atomic E-state index is 14.2. The number of hydrogen-bond donors (Lipinski definition) is 1. The normalized spacial score (nSPS) is 20.4. The average Bonchev–Trinajstić information content (AvgIpc) is 3.70. The summed E-state index contributed by atoms with van der Waals surface area (Å²) in [5.74, 6) is -2.01. The van der Waals surface area contributed by atoms with Crippen molar-refractivity contribution >= 4 is 5.91 Å². The van der Waals surface area contributed by atoms with Gasteiger partial charge in [-0.25, -0.2) is 8.78 Å². The van der Waals surface area contributed by atoms with E-state index in [9.17, 15) is 13.6 Å². The Hall–Kier alpha value is -3.23. The van der Waals surface area contributed by atoms with Gasteiger partial charge in [-0.1, -0.05) is 12.1 Å². The summed E-state index contributed by atoms with van der Waals surface area (Å²) in [6.07, 6.45) is 9.20. The number of piperidine rings is 1. The van der Waals surface area contributed by atoms with Crippen LogP contribution in [0.25, 0.3) is 0 Å². The smallest absolute Gasteiger partial charge is 0.217 e. The molecule has 1 spiro atoms. The summed E-state index contributed by atoms with van der Waals surface area (Å²) in [5.41, 5.74) is 3.46. The molecule has 1 saturated carbocycles. The van der Waals surface area contributed by atoms with E-state index in [1.165, 1.54) is 24.1 Å². The summed E-state index contributed by atoms with van der Waals surface area (Å²) in [7, 11) is 0. The minimum Gasteiger partial charge on any atom is -0.365 e. The molecule has 1 amide bonds. The minimum absolute atomic E-state index is 0.0710. The van der Waals surface area contributed by atoms with Crippen LogP contribution < -0.4 is 5.32 Å². The van der Waals surface area contributed by atoms with Crippen molar-refractivity contribution < 1.29 is 18.3 Å². The molecule has 1 saturated heterocycles. The number of carbonyl (C=O) groups excluding carboxylic acids is 1. The Balaban J connectivity index is 1.21. The number of benzene rings is 1. The van der Waals surface area contributed by atoms with Gasteiger partial charge in [-0.05, 0) is 72.6 Å². The largest absolute Gasteiger partial charge is 0.365 e. The third kappa shape index (κ3) is 4.32. The van der Waals surface area contributed by atoms with Crippen LogP contribution in [0, 0.1) is 17.6 Å². The van der Waals surface area contributed by atoms with Crippen molar-refractivity contribution in [3.63, 3.8) is 0 Å². The van der Waals surface area contributed by atoms with Gasteiger partial charge in [0.05, 0.1) is 17.9 Å². The summed E-state index contributed by atoms with van der Waals surface area (Å²) in [4.78, 5) is 23.8. The van der Waals surface area contributed by atoms with Gasteiger partial charge in [0.25, 0.3) is 0 Å². The fourth-order valence-corrected chi connectivity index (χ4v) is 6.11. The Morgan fingerprint density at radius 2 is 1.95 bits per heavy atom.